The van der Waals surface area contributed by atoms with E-state index in [1.54, 1.807) is 19.1 Å². The highest BCUT2D eigenvalue weighted by Crippen LogP contribution is 2.13. The Morgan fingerprint density at radius 3 is 2.65 bits per heavy atom. The van der Waals surface area contributed by atoms with Crippen molar-refractivity contribution in [1.29, 1.82) is 0 Å². The van der Waals surface area contributed by atoms with Gasteiger partial charge in [0.2, 0.25) is 0 Å². The van der Waals surface area contributed by atoms with E-state index in [1.165, 1.54) is 6.07 Å². The molecule has 1 N–H and O–H groups in total. The highest BCUT2D eigenvalue weighted by Gasteiger charge is 2.18. The Kier molecular flexibility index (Phi) is 4.94. The van der Waals surface area contributed by atoms with Crippen molar-refractivity contribution in [2.24, 2.45) is 5.92 Å². The number of amides is 1. The van der Waals surface area contributed by atoms with E-state index in [2.05, 4.69) is 5.32 Å². The van der Waals surface area contributed by atoms with Gasteiger partial charge in [-0.2, -0.15) is 0 Å². The fourth-order valence-corrected chi connectivity index (χ4v) is 1.89. The summed E-state index contributed by atoms with van der Waals surface area (Å²) in [5, 5.41) is 2.74. The molecular formula is C13H17ClFNO. The Hall–Kier alpha value is -1.09. The molecule has 0 spiro atoms. The minimum absolute atomic E-state index is 0.0702. The number of halogens is 2. The lowest BCUT2D eigenvalue weighted by Crippen LogP contribution is -2.40. The van der Waals surface area contributed by atoms with Crippen LogP contribution in [0.3, 0.4) is 0 Å². The van der Waals surface area contributed by atoms with E-state index in [9.17, 15) is 9.18 Å². The number of carbonyl (C=O) groups is 1. The van der Waals surface area contributed by atoms with Gasteiger partial charge >= 0.3 is 0 Å². The summed E-state index contributed by atoms with van der Waals surface area (Å²) in [6, 6.07) is 4.62. The molecule has 1 rings (SSSR count). The number of rotatable bonds is 4. The van der Waals surface area contributed by atoms with Gasteiger partial charge in [-0.25, -0.2) is 4.39 Å². The third-order valence-corrected chi connectivity index (χ3v) is 3.06. The molecule has 1 aromatic rings. The van der Waals surface area contributed by atoms with E-state index < -0.39 is 11.7 Å². The predicted octanol–water partition coefficient (Wildman–Crippen LogP) is 3.13. The third kappa shape index (κ3) is 3.43. The minimum Gasteiger partial charge on any atom is -0.348 e. The maximum atomic E-state index is 13.7. The van der Waals surface area contributed by atoms with Crippen LogP contribution in [0.5, 0.6) is 0 Å². The number of nitrogens with one attached hydrogen (secondary N) is 1. The van der Waals surface area contributed by atoms with Crippen LogP contribution in [0.2, 0.25) is 0 Å². The summed E-state index contributed by atoms with van der Waals surface area (Å²) in [6.07, 6.45) is 0. The summed E-state index contributed by atoms with van der Waals surface area (Å²) in [6.45, 7) is 5.55. The average molecular weight is 258 g/mol. The van der Waals surface area contributed by atoms with E-state index >= 15 is 0 Å². The van der Waals surface area contributed by atoms with Gasteiger partial charge in [0.15, 0.2) is 0 Å². The normalized spacial score (nSPS) is 12.6. The van der Waals surface area contributed by atoms with Gasteiger partial charge in [-0.05, 0) is 24.5 Å². The van der Waals surface area contributed by atoms with Gasteiger partial charge in [-0.3, -0.25) is 4.79 Å². The molecule has 0 aliphatic heterocycles. The largest absolute Gasteiger partial charge is 0.348 e. The molecule has 1 amide bonds. The maximum Gasteiger partial charge on any atom is 0.254 e. The van der Waals surface area contributed by atoms with Crippen molar-refractivity contribution >= 4 is 17.5 Å². The lowest BCUT2D eigenvalue weighted by molar-refractivity contribution is 0.0927. The van der Waals surface area contributed by atoms with Gasteiger partial charge in [-0.1, -0.05) is 26.0 Å². The number of alkyl halides is 1. The molecule has 1 aromatic carbocycles. The van der Waals surface area contributed by atoms with Crippen LogP contribution in [0.1, 0.15) is 29.8 Å². The molecule has 1 atom stereocenters. The van der Waals surface area contributed by atoms with Gasteiger partial charge in [-0.15, -0.1) is 11.6 Å². The number of hydrogen-bond donors (Lipinski definition) is 1. The second kappa shape index (κ2) is 6.01. The second-order valence-electron chi connectivity index (χ2n) is 4.41. The zero-order chi connectivity index (χ0) is 13.0. The summed E-state index contributed by atoms with van der Waals surface area (Å²) in [5.74, 6) is -0.353. The maximum absolute atomic E-state index is 13.7. The van der Waals surface area contributed by atoms with Crippen molar-refractivity contribution in [3.63, 3.8) is 0 Å². The fraction of sp³-hybridized carbons (Fsp3) is 0.462. The quantitative estimate of drug-likeness (QED) is 0.825. The van der Waals surface area contributed by atoms with Crippen LogP contribution in [-0.4, -0.2) is 17.8 Å². The van der Waals surface area contributed by atoms with Gasteiger partial charge in [0.1, 0.15) is 5.82 Å². The van der Waals surface area contributed by atoms with Gasteiger partial charge < -0.3 is 5.32 Å². The summed E-state index contributed by atoms with van der Waals surface area (Å²) < 4.78 is 13.7. The Labute approximate surface area is 106 Å². The average Bonchev–Trinajstić information content (AvgIpc) is 2.28. The third-order valence-electron chi connectivity index (χ3n) is 2.72. The predicted molar refractivity (Wildman–Crippen MR) is 67.9 cm³/mol. The van der Waals surface area contributed by atoms with Crippen LogP contribution in [-0.2, 0) is 0 Å². The SMILES string of the molecule is Cc1cccc(C(=O)NC(CCl)C(C)C)c1F. The lowest BCUT2D eigenvalue weighted by atomic mass is 10.0. The first kappa shape index (κ1) is 14.0. The number of carbonyl (C=O) groups excluding carboxylic acids is 1. The van der Waals surface area contributed by atoms with Crippen LogP contribution < -0.4 is 5.32 Å². The summed E-state index contributed by atoms with van der Waals surface area (Å²) in [7, 11) is 0. The highest BCUT2D eigenvalue weighted by molar-refractivity contribution is 6.18. The fourth-order valence-electron chi connectivity index (χ4n) is 1.45. The van der Waals surface area contributed by atoms with Crippen LogP contribution in [0.4, 0.5) is 4.39 Å². The van der Waals surface area contributed by atoms with E-state index in [0.29, 0.717) is 11.4 Å². The van der Waals surface area contributed by atoms with Crippen molar-refractivity contribution in [2.75, 3.05) is 5.88 Å². The van der Waals surface area contributed by atoms with Crippen molar-refractivity contribution < 1.29 is 9.18 Å². The molecule has 0 radical (unpaired) electrons. The molecule has 0 saturated heterocycles. The van der Waals surface area contributed by atoms with E-state index in [1.807, 2.05) is 13.8 Å². The molecule has 17 heavy (non-hydrogen) atoms. The van der Waals surface area contributed by atoms with Crippen LogP contribution >= 0.6 is 11.6 Å². The number of aryl methyl sites for hydroxylation is 1. The number of hydrogen-bond acceptors (Lipinski definition) is 1. The Bertz CT molecular complexity index is 406. The molecule has 0 aliphatic carbocycles. The smallest absolute Gasteiger partial charge is 0.254 e. The molecule has 0 aliphatic rings. The molecule has 4 heteroatoms. The Balaban J connectivity index is 2.86. The van der Waals surface area contributed by atoms with Crippen molar-refractivity contribution in [3.8, 4) is 0 Å². The molecule has 0 aromatic heterocycles. The standard InChI is InChI=1S/C13H17ClFNO/c1-8(2)11(7-14)16-13(17)10-6-4-5-9(3)12(10)15/h4-6,8,11H,7H2,1-3H3,(H,16,17). The van der Waals surface area contributed by atoms with Gasteiger partial charge in [0, 0.05) is 11.9 Å². The lowest BCUT2D eigenvalue weighted by Gasteiger charge is -2.20. The molecule has 2 nitrogen and oxygen atoms in total. The second-order valence-corrected chi connectivity index (χ2v) is 4.72. The molecule has 0 heterocycles. The first-order chi connectivity index (χ1) is 7.97. The molecule has 1 unspecified atom stereocenters. The summed E-state index contributed by atoms with van der Waals surface area (Å²) in [5.41, 5.74) is 0.533. The number of benzene rings is 1. The monoisotopic (exact) mass is 257 g/mol. The van der Waals surface area contributed by atoms with Gasteiger partial charge in [0.25, 0.3) is 5.91 Å². The van der Waals surface area contributed by atoms with Crippen molar-refractivity contribution in [3.05, 3.63) is 35.1 Å². The topological polar surface area (TPSA) is 29.1 Å². The Morgan fingerprint density at radius 2 is 2.12 bits per heavy atom. The molecule has 0 fully saturated rings. The highest BCUT2D eigenvalue weighted by atomic mass is 35.5. The van der Waals surface area contributed by atoms with E-state index in [4.69, 9.17) is 11.6 Å². The van der Waals surface area contributed by atoms with E-state index in [0.717, 1.165) is 0 Å². The zero-order valence-corrected chi connectivity index (χ0v) is 11.0. The van der Waals surface area contributed by atoms with Crippen LogP contribution in [0, 0.1) is 18.7 Å². The minimum atomic E-state index is -0.470. The summed E-state index contributed by atoms with van der Waals surface area (Å²) in [4.78, 5) is 11.9. The zero-order valence-electron chi connectivity index (χ0n) is 10.3. The first-order valence-electron chi connectivity index (χ1n) is 5.59. The molecule has 94 valence electrons. The molecule has 0 saturated carbocycles. The first-order valence-corrected chi connectivity index (χ1v) is 6.12. The molecular weight excluding hydrogens is 241 g/mol. The van der Waals surface area contributed by atoms with Crippen LogP contribution in [0.25, 0.3) is 0 Å². The van der Waals surface area contributed by atoms with E-state index in [-0.39, 0.29) is 17.5 Å². The van der Waals surface area contributed by atoms with Gasteiger partial charge in [0.05, 0.1) is 5.56 Å². The Morgan fingerprint density at radius 1 is 1.47 bits per heavy atom. The molecule has 0 bridgehead atoms. The summed E-state index contributed by atoms with van der Waals surface area (Å²) >= 11 is 5.76. The van der Waals surface area contributed by atoms with Crippen molar-refractivity contribution in [1.82, 2.24) is 5.32 Å². The van der Waals surface area contributed by atoms with Crippen molar-refractivity contribution in [2.45, 2.75) is 26.8 Å². The van der Waals surface area contributed by atoms with Crippen LogP contribution in [0.15, 0.2) is 18.2 Å².